The summed E-state index contributed by atoms with van der Waals surface area (Å²) in [6.45, 7) is 0. The highest BCUT2D eigenvalue weighted by atomic mass is 32.1. The van der Waals surface area contributed by atoms with E-state index in [0.717, 1.165) is 39.2 Å². The zero-order valence-electron chi connectivity index (χ0n) is 13.0. The van der Waals surface area contributed by atoms with E-state index in [4.69, 9.17) is 9.72 Å². The summed E-state index contributed by atoms with van der Waals surface area (Å²) in [6.07, 6.45) is 2.68. The molecule has 0 aliphatic heterocycles. The Bertz CT molecular complexity index is 1030. The summed E-state index contributed by atoms with van der Waals surface area (Å²) in [7, 11) is 1.68. The Morgan fingerprint density at radius 3 is 2.71 bits per heavy atom. The van der Waals surface area contributed by atoms with Crippen LogP contribution in [0.4, 0.5) is 0 Å². The van der Waals surface area contributed by atoms with Crippen molar-refractivity contribution >= 4 is 28.4 Å². The third kappa shape index (κ3) is 2.30. The molecule has 0 atom stereocenters. The number of nitrogens with zero attached hydrogens (tertiary/aromatic N) is 2. The highest BCUT2D eigenvalue weighted by Gasteiger charge is 2.12. The van der Waals surface area contributed by atoms with Crippen LogP contribution in [0.25, 0.3) is 27.2 Å². The summed E-state index contributed by atoms with van der Waals surface area (Å²) >= 11 is 1.51. The van der Waals surface area contributed by atoms with Crippen LogP contribution in [0.2, 0.25) is 0 Å². The first kappa shape index (κ1) is 14.7. The number of hydrogen-bond donors (Lipinski definition) is 0. The van der Waals surface area contributed by atoms with Crippen LogP contribution in [-0.4, -0.2) is 22.9 Å². The third-order valence-corrected chi connectivity index (χ3v) is 4.82. The lowest BCUT2D eigenvalue weighted by Crippen LogP contribution is -1.96. The first-order valence-corrected chi connectivity index (χ1v) is 8.34. The minimum absolute atomic E-state index is 0.593. The van der Waals surface area contributed by atoms with Gasteiger partial charge in [0.05, 0.1) is 18.5 Å². The van der Waals surface area contributed by atoms with Gasteiger partial charge in [-0.3, -0.25) is 9.36 Å². The predicted molar refractivity (Wildman–Crippen MR) is 96.3 cm³/mol. The minimum atomic E-state index is 0.593. The molecule has 0 aliphatic carbocycles. The van der Waals surface area contributed by atoms with Crippen LogP contribution in [0.5, 0.6) is 5.75 Å². The van der Waals surface area contributed by atoms with Gasteiger partial charge in [-0.15, -0.1) is 11.3 Å². The molecule has 0 aliphatic rings. The molecule has 0 fully saturated rings. The van der Waals surface area contributed by atoms with Gasteiger partial charge in [0, 0.05) is 22.5 Å². The van der Waals surface area contributed by atoms with E-state index in [1.165, 1.54) is 11.3 Å². The molecule has 4 aromatic rings. The Labute approximate surface area is 143 Å². The maximum Gasteiger partial charge on any atom is 0.194 e. The van der Waals surface area contributed by atoms with E-state index in [0.29, 0.717) is 5.69 Å². The largest absolute Gasteiger partial charge is 0.496 e. The van der Waals surface area contributed by atoms with Gasteiger partial charge < -0.3 is 4.74 Å². The van der Waals surface area contributed by atoms with Crippen molar-refractivity contribution in [2.45, 2.75) is 0 Å². The Hall–Kier alpha value is -2.92. The molecule has 0 bridgehead atoms. The normalized spacial score (nSPS) is 10.9. The van der Waals surface area contributed by atoms with Gasteiger partial charge >= 0.3 is 0 Å². The smallest absolute Gasteiger partial charge is 0.194 e. The molecule has 0 saturated carbocycles. The van der Waals surface area contributed by atoms with Gasteiger partial charge in [0.2, 0.25) is 0 Å². The van der Waals surface area contributed by atoms with Crippen molar-refractivity contribution in [1.82, 2.24) is 9.55 Å². The third-order valence-electron chi connectivity index (χ3n) is 3.98. The number of methoxy groups -OCH3 is 1. The molecule has 0 saturated heterocycles. The molecule has 0 N–H and O–H groups in total. The lowest BCUT2D eigenvalue weighted by molar-refractivity contribution is 0.111. The molecule has 4 nitrogen and oxygen atoms in total. The number of carbonyl (C=O) groups is 1. The second-order valence-corrected chi connectivity index (χ2v) is 6.13. The standard InChI is InChI=1S/C19H14N2O2S/c1-23-18-9-8-15(14-6-2-3-7-16(14)18)17-12-24-19(20-17)21-10-4-5-13(21)11-22/h2-12H,1H3. The predicted octanol–water partition coefficient (Wildman–Crippen LogP) is 4.58. The summed E-state index contributed by atoms with van der Waals surface area (Å²) in [6, 6.07) is 15.7. The van der Waals surface area contributed by atoms with Crippen LogP contribution in [0, 0.1) is 0 Å². The van der Waals surface area contributed by atoms with Gasteiger partial charge in [0.15, 0.2) is 11.4 Å². The van der Waals surface area contributed by atoms with E-state index in [9.17, 15) is 4.79 Å². The van der Waals surface area contributed by atoms with Crippen molar-refractivity contribution in [3.63, 3.8) is 0 Å². The van der Waals surface area contributed by atoms with Crippen molar-refractivity contribution in [2.75, 3.05) is 7.11 Å². The van der Waals surface area contributed by atoms with Gasteiger partial charge in [0.1, 0.15) is 5.75 Å². The van der Waals surface area contributed by atoms with Crippen molar-refractivity contribution in [3.05, 3.63) is 65.8 Å². The number of fused-ring (bicyclic) bond motifs is 1. The second kappa shape index (κ2) is 5.94. The van der Waals surface area contributed by atoms with Crippen LogP contribution < -0.4 is 4.74 Å². The lowest BCUT2D eigenvalue weighted by Gasteiger charge is -2.09. The zero-order valence-corrected chi connectivity index (χ0v) is 13.8. The van der Waals surface area contributed by atoms with E-state index in [1.54, 1.807) is 17.7 Å². The summed E-state index contributed by atoms with van der Waals surface area (Å²) in [5.41, 5.74) is 2.53. The van der Waals surface area contributed by atoms with Crippen LogP contribution in [0.1, 0.15) is 10.5 Å². The number of carbonyl (C=O) groups excluding carboxylic acids is 1. The maximum atomic E-state index is 11.1. The molecule has 2 heterocycles. The summed E-state index contributed by atoms with van der Waals surface area (Å²) in [5.74, 6) is 0.846. The van der Waals surface area contributed by atoms with E-state index < -0.39 is 0 Å². The van der Waals surface area contributed by atoms with E-state index in [1.807, 2.05) is 48.0 Å². The highest BCUT2D eigenvalue weighted by molar-refractivity contribution is 7.12. The molecule has 4 rings (SSSR count). The molecule has 0 radical (unpaired) electrons. The zero-order chi connectivity index (χ0) is 16.5. The number of thiazole rings is 1. The highest BCUT2D eigenvalue weighted by Crippen LogP contribution is 2.35. The van der Waals surface area contributed by atoms with Crippen LogP contribution >= 0.6 is 11.3 Å². The molecule has 5 heteroatoms. The van der Waals surface area contributed by atoms with Crippen LogP contribution in [0.15, 0.2) is 60.1 Å². The number of aromatic nitrogens is 2. The number of aldehydes is 1. The Balaban J connectivity index is 1.86. The van der Waals surface area contributed by atoms with Crippen molar-refractivity contribution in [2.24, 2.45) is 0 Å². The molecule has 0 amide bonds. The van der Waals surface area contributed by atoms with Gasteiger partial charge in [-0.1, -0.05) is 24.3 Å². The number of rotatable bonds is 4. The van der Waals surface area contributed by atoms with Crippen molar-refractivity contribution in [1.29, 1.82) is 0 Å². The molecule has 2 aromatic carbocycles. The SMILES string of the molecule is COc1ccc(-c2csc(-n3cccc3C=O)n2)c2ccccc12. The lowest BCUT2D eigenvalue weighted by atomic mass is 10.0. The first-order valence-electron chi connectivity index (χ1n) is 7.46. The first-order chi connectivity index (χ1) is 11.8. The fourth-order valence-electron chi connectivity index (χ4n) is 2.84. The maximum absolute atomic E-state index is 11.1. The number of ether oxygens (including phenoxy) is 1. The molecular weight excluding hydrogens is 320 g/mol. The van der Waals surface area contributed by atoms with E-state index in [-0.39, 0.29) is 0 Å². The van der Waals surface area contributed by atoms with Crippen LogP contribution in [-0.2, 0) is 0 Å². The molecule has 24 heavy (non-hydrogen) atoms. The molecule has 2 aromatic heterocycles. The molecular formula is C19H14N2O2S. The number of hydrogen-bond acceptors (Lipinski definition) is 4. The topological polar surface area (TPSA) is 44.1 Å². The van der Waals surface area contributed by atoms with Gasteiger partial charge in [-0.05, 0) is 29.7 Å². The average Bonchev–Trinajstić information content (AvgIpc) is 3.29. The Morgan fingerprint density at radius 2 is 1.92 bits per heavy atom. The Morgan fingerprint density at radius 1 is 1.08 bits per heavy atom. The summed E-state index contributed by atoms with van der Waals surface area (Å²) < 4.78 is 7.25. The van der Waals surface area contributed by atoms with Gasteiger partial charge in [-0.25, -0.2) is 4.98 Å². The molecule has 0 unspecified atom stereocenters. The molecule has 118 valence electrons. The minimum Gasteiger partial charge on any atom is -0.496 e. The van der Waals surface area contributed by atoms with Crippen molar-refractivity contribution in [3.8, 4) is 22.1 Å². The summed E-state index contributed by atoms with van der Waals surface area (Å²) in [4.78, 5) is 15.8. The molecule has 0 spiro atoms. The van der Waals surface area contributed by atoms with E-state index in [2.05, 4.69) is 6.07 Å². The quantitative estimate of drug-likeness (QED) is 0.513. The average molecular weight is 334 g/mol. The number of benzene rings is 2. The fraction of sp³-hybridized carbons (Fsp3) is 0.0526. The fourth-order valence-corrected chi connectivity index (χ4v) is 3.66. The second-order valence-electron chi connectivity index (χ2n) is 5.30. The Kier molecular flexibility index (Phi) is 3.63. The van der Waals surface area contributed by atoms with E-state index >= 15 is 0 Å². The van der Waals surface area contributed by atoms with Crippen LogP contribution in [0.3, 0.4) is 0 Å². The summed E-state index contributed by atoms with van der Waals surface area (Å²) in [5, 5.41) is 4.94. The van der Waals surface area contributed by atoms with Gasteiger partial charge in [0.25, 0.3) is 0 Å². The van der Waals surface area contributed by atoms with Crippen molar-refractivity contribution < 1.29 is 9.53 Å². The monoisotopic (exact) mass is 334 g/mol. The van der Waals surface area contributed by atoms with Gasteiger partial charge in [-0.2, -0.15) is 0 Å².